The van der Waals surface area contributed by atoms with E-state index >= 15 is 0 Å². The van der Waals surface area contributed by atoms with Gasteiger partial charge in [-0.1, -0.05) is 42.8 Å². The number of rotatable bonds is 9. The summed E-state index contributed by atoms with van der Waals surface area (Å²) in [5.41, 5.74) is 2.99. The lowest BCUT2D eigenvalue weighted by atomic mass is 10.1. The van der Waals surface area contributed by atoms with Crippen molar-refractivity contribution in [3.05, 3.63) is 77.9 Å². The number of nitrogens with zero attached hydrogens (tertiary/aromatic N) is 1. The van der Waals surface area contributed by atoms with Crippen LogP contribution in [0.25, 0.3) is 0 Å². The molecule has 3 rings (SSSR count). The van der Waals surface area contributed by atoms with Crippen molar-refractivity contribution in [3.8, 4) is 11.5 Å². The maximum absolute atomic E-state index is 13.6. The van der Waals surface area contributed by atoms with Crippen LogP contribution in [-0.2, 0) is 21.2 Å². The van der Waals surface area contributed by atoms with Gasteiger partial charge in [-0.15, -0.1) is 0 Å². The lowest BCUT2D eigenvalue weighted by Gasteiger charge is -2.25. The molecule has 0 heterocycles. The van der Waals surface area contributed by atoms with Crippen LogP contribution in [0.2, 0.25) is 0 Å². The molecule has 33 heavy (non-hydrogen) atoms. The van der Waals surface area contributed by atoms with Crippen molar-refractivity contribution in [2.24, 2.45) is 0 Å². The molecular weight excluding hydrogens is 440 g/mol. The van der Waals surface area contributed by atoms with Crippen LogP contribution in [0.1, 0.15) is 18.1 Å². The summed E-state index contributed by atoms with van der Waals surface area (Å²) in [5, 5.41) is 2.85. The number of carbonyl (C=O) groups is 1. The average Bonchev–Trinajstić information content (AvgIpc) is 2.83. The van der Waals surface area contributed by atoms with E-state index in [1.807, 2.05) is 32.0 Å². The first-order valence-corrected chi connectivity index (χ1v) is 11.9. The highest BCUT2D eigenvalue weighted by atomic mass is 32.2. The zero-order valence-electron chi connectivity index (χ0n) is 19.2. The van der Waals surface area contributed by atoms with Crippen LogP contribution in [0.15, 0.2) is 71.6 Å². The largest absolute Gasteiger partial charge is 0.493 e. The fraction of sp³-hybridized carbons (Fsp3) is 0.240. The summed E-state index contributed by atoms with van der Waals surface area (Å²) >= 11 is 0. The van der Waals surface area contributed by atoms with Gasteiger partial charge in [-0.2, -0.15) is 0 Å². The van der Waals surface area contributed by atoms with Gasteiger partial charge >= 0.3 is 0 Å². The number of hydrogen-bond donors (Lipinski definition) is 1. The summed E-state index contributed by atoms with van der Waals surface area (Å²) in [6.07, 6.45) is 0.738. The fourth-order valence-corrected chi connectivity index (χ4v) is 4.84. The smallest absolute Gasteiger partial charge is 0.264 e. The first-order chi connectivity index (χ1) is 15.8. The molecule has 0 aromatic heterocycles. The average molecular weight is 469 g/mol. The van der Waals surface area contributed by atoms with Crippen molar-refractivity contribution in [3.63, 3.8) is 0 Å². The zero-order chi connectivity index (χ0) is 24.0. The first-order valence-electron chi connectivity index (χ1n) is 10.5. The highest BCUT2D eigenvalue weighted by molar-refractivity contribution is 7.92. The lowest BCUT2D eigenvalue weighted by molar-refractivity contribution is -0.114. The molecule has 7 nitrogen and oxygen atoms in total. The number of sulfonamides is 1. The Hall–Kier alpha value is -3.52. The quantitative estimate of drug-likeness (QED) is 0.503. The van der Waals surface area contributed by atoms with Crippen molar-refractivity contribution in [2.45, 2.75) is 25.2 Å². The van der Waals surface area contributed by atoms with E-state index < -0.39 is 22.5 Å². The summed E-state index contributed by atoms with van der Waals surface area (Å²) in [7, 11) is -1.18. The van der Waals surface area contributed by atoms with Crippen LogP contribution >= 0.6 is 0 Å². The number of ether oxygens (including phenoxy) is 2. The van der Waals surface area contributed by atoms with Crippen molar-refractivity contribution in [1.82, 2.24) is 0 Å². The van der Waals surface area contributed by atoms with E-state index in [0.29, 0.717) is 17.1 Å². The Kier molecular flexibility index (Phi) is 7.60. The van der Waals surface area contributed by atoms with Gasteiger partial charge in [0, 0.05) is 11.8 Å². The summed E-state index contributed by atoms with van der Waals surface area (Å²) in [6.45, 7) is 3.51. The molecule has 3 aromatic carbocycles. The maximum atomic E-state index is 13.6. The second kappa shape index (κ2) is 10.4. The van der Waals surface area contributed by atoms with Gasteiger partial charge in [-0.25, -0.2) is 8.42 Å². The van der Waals surface area contributed by atoms with E-state index in [2.05, 4.69) is 5.32 Å². The Balaban J connectivity index is 1.99. The molecule has 0 radical (unpaired) electrons. The zero-order valence-corrected chi connectivity index (χ0v) is 20.0. The summed E-state index contributed by atoms with van der Waals surface area (Å²) < 4.78 is 38.9. The summed E-state index contributed by atoms with van der Waals surface area (Å²) in [6, 6.07) is 18.8. The molecule has 0 aliphatic carbocycles. The Morgan fingerprint density at radius 1 is 0.939 bits per heavy atom. The molecule has 0 saturated carbocycles. The fourth-order valence-electron chi connectivity index (χ4n) is 3.40. The number of benzene rings is 3. The third-order valence-corrected chi connectivity index (χ3v) is 6.99. The molecule has 0 bridgehead atoms. The van der Waals surface area contributed by atoms with Gasteiger partial charge in [-0.3, -0.25) is 9.10 Å². The van der Waals surface area contributed by atoms with E-state index in [9.17, 15) is 13.2 Å². The second-order valence-electron chi connectivity index (χ2n) is 7.42. The van der Waals surface area contributed by atoms with Gasteiger partial charge in [0.15, 0.2) is 11.5 Å². The van der Waals surface area contributed by atoms with E-state index in [-0.39, 0.29) is 10.6 Å². The van der Waals surface area contributed by atoms with Crippen LogP contribution in [0.5, 0.6) is 11.5 Å². The number of para-hydroxylation sites is 1. The first kappa shape index (κ1) is 24.1. The van der Waals surface area contributed by atoms with Crippen molar-refractivity contribution >= 4 is 27.3 Å². The highest BCUT2D eigenvalue weighted by Crippen LogP contribution is 2.32. The minimum absolute atomic E-state index is 0.0116. The molecule has 1 N–H and O–H groups in total. The number of aryl methyl sites for hydroxylation is 2. The number of anilines is 2. The normalized spacial score (nSPS) is 11.0. The third kappa shape index (κ3) is 5.46. The van der Waals surface area contributed by atoms with Crippen LogP contribution in [0.3, 0.4) is 0 Å². The highest BCUT2D eigenvalue weighted by Gasteiger charge is 2.28. The van der Waals surface area contributed by atoms with E-state index in [0.717, 1.165) is 21.9 Å². The molecule has 0 fully saturated rings. The van der Waals surface area contributed by atoms with Gasteiger partial charge in [0.2, 0.25) is 5.91 Å². The van der Waals surface area contributed by atoms with Crippen LogP contribution in [0.4, 0.5) is 11.4 Å². The van der Waals surface area contributed by atoms with Gasteiger partial charge in [-0.05, 0) is 49.2 Å². The number of hydrogen-bond acceptors (Lipinski definition) is 5. The molecule has 3 aromatic rings. The molecule has 0 aliphatic rings. The Morgan fingerprint density at radius 3 is 2.24 bits per heavy atom. The number of carbonyl (C=O) groups excluding carboxylic acids is 1. The molecule has 0 unspecified atom stereocenters. The van der Waals surface area contributed by atoms with Crippen molar-refractivity contribution in [2.75, 3.05) is 30.4 Å². The monoisotopic (exact) mass is 468 g/mol. The van der Waals surface area contributed by atoms with Crippen molar-refractivity contribution < 1.29 is 22.7 Å². The van der Waals surface area contributed by atoms with E-state index in [1.165, 1.54) is 32.4 Å². The summed E-state index contributed by atoms with van der Waals surface area (Å²) in [4.78, 5) is 13.0. The molecule has 1 amide bonds. The molecule has 0 atom stereocenters. The number of amides is 1. The predicted octanol–water partition coefficient (Wildman–Crippen LogP) is 4.41. The van der Waals surface area contributed by atoms with Gasteiger partial charge in [0.25, 0.3) is 10.0 Å². The standard InChI is InChI=1S/C25H28N2O5S/c1-5-19-8-6-7-9-22(19)26-25(28)17-27(20-12-10-18(2)11-13-20)33(29,30)21-14-15-23(31-3)24(16-21)32-4/h6-16H,5,17H2,1-4H3,(H,26,28). The number of methoxy groups -OCH3 is 2. The Morgan fingerprint density at radius 2 is 1.61 bits per heavy atom. The Bertz CT molecular complexity index is 1220. The minimum atomic E-state index is -4.09. The topological polar surface area (TPSA) is 84.9 Å². The maximum Gasteiger partial charge on any atom is 0.264 e. The Labute approximate surface area is 195 Å². The molecular formula is C25H28N2O5S. The molecule has 0 saturated heterocycles. The van der Waals surface area contributed by atoms with E-state index in [4.69, 9.17) is 9.47 Å². The molecule has 0 aliphatic heterocycles. The van der Waals surface area contributed by atoms with E-state index in [1.54, 1.807) is 30.3 Å². The van der Waals surface area contributed by atoms with Crippen LogP contribution in [-0.4, -0.2) is 35.1 Å². The SMILES string of the molecule is CCc1ccccc1NC(=O)CN(c1ccc(C)cc1)S(=O)(=O)c1ccc(OC)c(OC)c1. The van der Waals surface area contributed by atoms with Gasteiger partial charge < -0.3 is 14.8 Å². The van der Waals surface area contributed by atoms with Crippen LogP contribution in [0, 0.1) is 6.92 Å². The predicted molar refractivity (Wildman–Crippen MR) is 130 cm³/mol. The minimum Gasteiger partial charge on any atom is -0.493 e. The molecule has 174 valence electrons. The van der Waals surface area contributed by atoms with Crippen LogP contribution < -0.4 is 19.1 Å². The van der Waals surface area contributed by atoms with Gasteiger partial charge in [0.1, 0.15) is 6.54 Å². The third-order valence-electron chi connectivity index (χ3n) is 5.22. The summed E-state index contributed by atoms with van der Waals surface area (Å²) in [5.74, 6) is 0.247. The second-order valence-corrected chi connectivity index (χ2v) is 9.29. The molecule has 8 heteroatoms. The van der Waals surface area contributed by atoms with Gasteiger partial charge in [0.05, 0.1) is 24.8 Å². The number of nitrogens with one attached hydrogen (secondary N) is 1. The van der Waals surface area contributed by atoms with Crippen molar-refractivity contribution in [1.29, 1.82) is 0 Å². The lowest BCUT2D eigenvalue weighted by Crippen LogP contribution is -2.38. The molecule has 0 spiro atoms.